The number of nitrogens with one attached hydrogen (secondary N) is 1. The Balaban J connectivity index is 1.39. The Labute approximate surface area is 249 Å². The topological polar surface area (TPSA) is 94.1 Å². The molecule has 1 aliphatic heterocycles. The third kappa shape index (κ3) is 4.48. The van der Waals surface area contributed by atoms with E-state index in [2.05, 4.69) is 46.9 Å². The summed E-state index contributed by atoms with van der Waals surface area (Å²) in [6.07, 6.45) is 3.91. The molecule has 2 aromatic carbocycles. The number of aromatic carboxylic acids is 1. The summed E-state index contributed by atoms with van der Waals surface area (Å²) in [5.41, 5.74) is 1.73. The Bertz CT molecular complexity index is 1400. The lowest BCUT2D eigenvalue weighted by Gasteiger charge is -2.64. The summed E-state index contributed by atoms with van der Waals surface area (Å²) in [4.78, 5) is 26.3. The quantitative estimate of drug-likeness (QED) is 0.393. The Kier molecular flexibility index (Phi) is 6.86. The Morgan fingerprint density at radius 1 is 1.10 bits per heavy atom. The number of hydrogen-bond donors (Lipinski definition) is 2. The van der Waals surface area contributed by atoms with Gasteiger partial charge in [0, 0.05) is 5.56 Å². The average Bonchev–Trinajstić information content (AvgIpc) is 3.67. The second-order valence-corrected chi connectivity index (χ2v) is 14.8. The van der Waals surface area contributed by atoms with Crippen LogP contribution in [0.15, 0.2) is 42.5 Å². The van der Waals surface area contributed by atoms with Crippen molar-refractivity contribution in [2.24, 2.45) is 17.3 Å². The number of methoxy groups -OCH3 is 1. The van der Waals surface area contributed by atoms with Crippen molar-refractivity contribution in [2.45, 2.75) is 102 Å². The lowest BCUT2D eigenvalue weighted by atomic mass is 9.43. The van der Waals surface area contributed by atoms with Crippen LogP contribution in [0.3, 0.4) is 0 Å². The van der Waals surface area contributed by atoms with Crippen molar-refractivity contribution in [1.29, 1.82) is 0 Å². The van der Waals surface area contributed by atoms with Crippen molar-refractivity contribution >= 4 is 19.0 Å². The number of ether oxygens (including phenoxy) is 1. The zero-order valence-corrected chi connectivity index (χ0v) is 26.0. The van der Waals surface area contributed by atoms with Gasteiger partial charge < -0.3 is 24.5 Å². The van der Waals surface area contributed by atoms with Gasteiger partial charge in [-0.05, 0) is 78.9 Å². The molecule has 42 heavy (non-hydrogen) atoms. The van der Waals surface area contributed by atoms with Crippen LogP contribution in [0.5, 0.6) is 5.75 Å². The molecule has 1 amide bonds. The number of rotatable bonds is 8. The van der Waals surface area contributed by atoms with E-state index in [1.807, 2.05) is 36.4 Å². The lowest BCUT2D eigenvalue weighted by Crippen LogP contribution is -2.65. The first-order valence-electron chi connectivity index (χ1n) is 15.4. The maximum atomic E-state index is 14.1. The highest BCUT2D eigenvalue weighted by molar-refractivity contribution is 6.48. The number of carboxylic acid groups (broad SMARTS) is 1. The zero-order valence-electron chi connectivity index (χ0n) is 26.0. The van der Waals surface area contributed by atoms with Gasteiger partial charge in [-0.3, -0.25) is 4.79 Å². The van der Waals surface area contributed by atoms with Gasteiger partial charge >= 0.3 is 13.1 Å². The predicted octanol–water partition coefficient (Wildman–Crippen LogP) is 5.72. The standard InChI is InChI=1S/C34H44BNO6/c1-31(2,3)24-14-13-22(29(37)38)28(40-7)23(24)19-27(36-30(39)34(15-16-34)20-11-9-8-10-12-20)35-41-26-18-21-17-25(32(21,4)5)33(26,6)42-35/h8-14,21,25-27H,15-19H2,1-7H3,(H,36,39)(H,37,38)/t21?,25?,26?,27-,33?/m0/s1. The van der Waals surface area contributed by atoms with Gasteiger partial charge in [0.05, 0.1) is 30.2 Å². The first-order chi connectivity index (χ1) is 19.7. The van der Waals surface area contributed by atoms with E-state index in [0.717, 1.165) is 42.4 Å². The van der Waals surface area contributed by atoms with Crippen LogP contribution in [-0.4, -0.2) is 48.9 Å². The average molecular weight is 574 g/mol. The van der Waals surface area contributed by atoms with Gasteiger partial charge in [0.1, 0.15) is 11.3 Å². The third-order valence-electron chi connectivity index (χ3n) is 11.1. The van der Waals surface area contributed by atoms with E-state index in [1.165, 1.54) is 7.11 Å². The summed E-state index contributed by atoms with van der Waals surface area (Å²) in [7, 11) is 0.838. The highest BCUT2D eigenvalue weighted by atomic mass is 16.7. The highest BCUT2D eigenvalue weighted by Gasteiger charge is 2.68. The maximum absolute atomic E-state index is 14.1. The summed E-state index contributed by atoms with van der Waals surface area (Å²) < 4.78 is 19.4. The van der Waals surface area contributed by atoms with E-state index in [4.69, 9.17) is 14.0 Å². The number of hydrogen-bond acceptors (Lipinski definition) is 5. The number of amides is 1. The number of carbonyl (C=O) groups is 2. The molecule has 2 N–H and O–H groups in total. The van der Waals surface area contributed by atoms with Crippen molar-refractivity contribution < 1.29 is 28.7 Å². The fraction of sp³-hybridized carbons (Fsp3) is 0.588. The van der Waals surface area contributed by atoms with Gasteiger partial charge in [0.25, 0.3) is 0 Å². The second-order valence-electron chi connectivity index (χ2n) is 14.8. The van der Waals surface area contributed by atoms with Crippen molar-refractivity contribution in [1.82, 2.24) is 5.32 Å². The van der Waals surface area contributed by atoms with Gasteiger partial charge in [0.15, 0.2) is 0 Å². The molecular formula is C34H44BNO6. The van der Waals surface area contributed by atoms with E-state index in [1.54, 1.807) is 6.07 Å². The summed E-state index contributed by atoms with van der Waals surface area (Å²) in [6.45, 7) is 13.1. The molecule has 1 saturated heterocycles. The van der Waals surface area contributed by atoms with Crippen LogP contribution in [0.1, 0.15) is 94.3 Å². The van der Waals surface area contributed by atoms with Crippen molar-refractivity contribution in [3.63, 3.8) is 0 Å². The lowest BCUT2D eigenvalue weighted by molar-refractivity contribution is -0.199. The van der Waals surface area contributed by atoms with Crippen LogP contribution in [0, 0.1) is 17.3 Å². The zero-order chi connectivity index (χ0) is 30.2. The molecule has 0 radical (unpaired) electrons. The first kappa shape index (κ1) is 29.2. The number of carbonyl (C=O) groups excluding carboxylic acids is 1. The number of benzene rings is 2. The minimum absolute atomic E-state index is 0.0405. The molecule has 4 unspecified atom stereocenters. The molecule has 5 aliphatic rings. The minimum Gasteiger partial charge on any atom is -0.496 e. The monoisotopic (exact) mass is 573 g/mol. The Morgan fingerprint density at radius 2 is 1.79 bits per heavy atom. The van der Waals surface area contributed by atoms with E-state index >= 15 is 0 Å². The summed E-state index contributed by atoms with van der Waals surface area (Å²) in [6, 6.07) is 13.4. The third-order valence-corrected chi connectivity index (χ3v) is 11.1. The van der Waals surface area contributed by atoms with Crippen LogP contribution < -0.4 is 10.1 Å². The largest absolute Gasteiger partial charge is 0.496 e. The molecule has 0 aromatic heterocycles. The van der Waals surface area contributed by atoms with E-state index in [-0.39, 0.29) is 28.4 Å². The normalized spacial score (nSPS) is 29.2. The smallest absolute Gasteiger partial charge is 0.482 e. The SMILES string of the molecule is COc1c(C(=O)O)ccc(C(C)(C)C)c1C[C@H](NC(=O)C1(c2ccccc2)CC1)B1OC2CC3CC(C3(C)C)C2(C)O1. The van der Waals surface area contributed by atoms with E-state index < -0.39 is 30.0 Å². The second kappa shape index (κ2) is 9.85. The first-order valence-corrected chi connectivity index (χ1v) is 15.4. The molecule has 8 heteroatoms. The fourth-order valence-corrected chi connectivity index (χ4v) is 8.28. The minimum atomic E-state index is -1.05. The van der Waals surface area contributed by atoms with Crippen LogP contribution in [-0.2, 0) is 31.4 Å². The maximum Gasteiger partial charge on any atom is 0.482 e. The molecular weight excluding hydrogens is 529 g/mol. The fourth-order valence-electron chi connectivity index (χ4n) is 8.28. The van der Waals surface area contributed by atoms with Crippen molar-refractivity contribution in [3.05, 3.63) is 64.7 Å². The molecule has 2 aromatic rings. The Hall–Kier alpha value is -2.84. The molecule has 5 atom stereocenters. The predicted molar refractivity (Wildman–Crippen MR) is 162 cm³/mol. The molecule has 224 valence electrons. The van der Waals surface area contributed by atoms with Crippen molar-refractivity contribution in [3.8, 4) is 5.75 Å². The molecule has 7 nitrogen and oxygen atoms in total. The molecule has 0 spiro atoms. The van der Waals surface area contributed by atoms with Gasteiger partial charge in [-0.15, -0.1) is 0 Å². The Morgan fingerprint density at radius 3 is 2.36 bits per heavy atom. The van der Waals surface area contributed by atoms with E-state index in [0.29, 0.717) is 24.0 Å². The molecule has 1 heterocycles. The van der Waals surface area contributed by atoms with E-state index in [9.17, 15) is 14.7 Å². The van der Waals surface area contributed by atoms with Gasteiger partial charge in [0.2, 0.25) is 5.91 Å². The summed E-state index contributed by atoms with van der Waals surface area (Å²) in [5, 5.41) is 13.4. The van der Waals surface area contributed by atoms with Crippen LogP contribution in [0.25, 0.3) is 0 Å². The van der Waals surface area contributed by atoms with Crippen LogP contribution in [0.2, 0.25) is 0 Å². The number of carboxylic acids is 1. The van der Waals surface area contributed by atoms with Crippen LogP contribution in [0.4, 0.5) is 0 Å². The molecule has 4 saturated carbocycles. The summed E-state index contributed by atoms with van der Waals surface area (Å²) >= 11 is 0. The molecule has 5 fully saturated rings. The molecule has 2 bridgehead atoms. The molecule has 7 rings (SSSR count). The van der Waals surface area contributed by atoms with Gasteiger partial charge in [-0.2, -0.15) is 0 Å². The van der Waals surface area contributed by atoms with Crippen LogP contribution >= 0.6 is 0 Å². The molecule has 4 aliphatic carbocycles. The van der Waals surface area contributed by atoms with Crippen molar-refractivity contribution in [2.75, 3.05) is 7.11 Å². The van der Waals surface area contributed by atoms with Gasteiger partial charge in [-0.1, -0.05) is 71.0 Å². The van der Waals surface area contributed by atoms with Gasteiger partial charge in [-0.25, -0.2) is 4.79 Å². The highest BCUT2D eigenvalue weighted by Crippen LogP contribution is 2.66. The summed E-state index contributed by atoms with van der Waals surface area (Å²) in [5.74, 6) is -0.332.